The van der Waals surface area contributed by atoms with E-state index in [0.29, 0.717) is 19.8 Å². The molecule has 160 valence electrons. The van der Waals surface area contributed by atoms with E-state index >= 15 is 0 Å². The van der Waals surface area contributed by atoms with Crippen molar-refractivity contribution >= 4 is 29.9 Å². The molecule has 0 amide bonds. The molecule has 0 bridgehead atoms. The lowest BCUT2D eigenvalue weighted by Gasteiger charge is -2.22. The molecule has 0 unspecified atom stereocenters. The smallest absolute Gasteiger partial charge is 0.193 e. The van der Waals surface area contributed by atoms with E-state index in [1.54, 1.807) is 21.3 Å². The number of hydrogen-bond acceptors (Lipinski definition) is 4. The minimum Gasteiger partial charge on any atom is -0.493 e. The number of aliphatic imine (C=N–C) groups is 1. The first-order chi connectivity index (χ1) is 13.7. The summed E-state index contributed by atoms with van der Waals surface area (Å²) in [7, 11) is 7.12. The maximum Gasteiger partial charge on any atom is 0.193 e. The van der Waals surface area contributed by atoms with Gasteiger partial charge in [-0.15, -0.1) is 24.0 Å². The van der Waals surface area contributed by atoms with Crippen molar-refractivity contribution < 1.29 is 14.2 Å². The molecule has 0 aliphatic heterocycles. The third-order valence-corrected chi connectivity index (χ3v) is 4.40. The Balaban J connectivity index is 0.00000420. The van der Waals surface area contributed by atoms with Gasteiger partial charge < -0.3 is 24.4 Å². The minimum absolute atomic E-state index is 0. The summed E-state index contributed by atoms with van der Waals surface area (Å²) in [5, 5.41) is 3.34. The van der Waals surface area contributed by atoms with Gasteiger partial charge in [0.05, 0.1) is 27.4 Å². The number of halogens is 1. The molecule has 0 aliphatic rings. The Labute approximate surface area is 191 Å². The Bertz CT molecular complexity index is 741. The van der Waals surface area contributed by atoms with Gasteiger partial charge in [0.25, 0.3) is 0 Å². The van der Waals surface area contributed by atoms with Crippen molar-refractivity contribution in [3.8, 4) is 11.5 Å². The van der Waals surface area contributed by atoms with Crippen LogP contribution >= 0.6 is 24.0 Å². The van der Waals surface area contributed by atoms with E-state index in [9.17, 15) is 0 Å². The summed E-state index contributed by atoms with van der Waals surface area (Å²) < 4.78 is 16.4. The van der Waals surface area contributed by atoms with Crippen molar-refractivity contribution in [3.05, 3.63) is 59.7 Å². The third kappa shape index (κ3) is 8.49. The fourth-order valence-corrected chi connectivity index (χ4v) is 2.82. The summed E-state index contributed by atoms with van der Waals surface area (Å²) in [6.07, 6.45) is 0.877. The highest BCUT2D eigenvalue weighted by Gasteiger charge is 2.08. The molecule has 0 saturated carbocycles. The lowest BCUT2D eigenvalue weighted by atomic mass is 10.1. The number of ether oxygens (including phenoxy) is 3. The number of rotatable bonds is 10. The van der Waals surface area contributed by atoms with Crippen molar-refractivity contribution in [2.24, 2.45) is 4.99 Å². The van der Waals surface area contributed by atoms with Gasteiger partial charge in [-0.3, -0.25) is 4.99 Å². The van der Waals surface area contributed by atoms with Crippen LogP contribution < -0.4 is 14.8 Å². The van der Waals surface area contributed by atoms with Crippen molar-refractivity contribution in [1.82, 2.24) is 10.2 Å². The molecule has 2 aromatic rings. The molecule has 0 heterocycles. The molecule has 2 aromatic carbocycles. The van der Waals surface area contributed by atoms with E-state index in [-0.39, 0.29) is 24.0 Å². The van der Waals surface area contributed by atoms with Crippen LogP contribution in [0, 0.1) is 0 Å². The predicted molar refractivity (Wildman–Crippen MR) is 129 cm³/mol. The molecule has 6 nitrogen and oxygen atoms in total. The quantitative estimate of drug-likeness (QED) is 0.228. The van der Waals surface area contributed by atoms with Gasteiger partial charge in [-0.1, -0.05) is 36.4 Å². The van der Waals surface area contributed by atoms with Crippen molar-refractivity contribution in [3.63, 3.8) is 0 Å². The van der Waals surface area contributed by atoms with Crippen LogP contribution in [0.3, 0.4) is 0 Å². The lowest BCUT2D eigenvalue weighted by molar-refractivity contribution is 0.125. The maximum atomic E-state index is 5.71. The Kier molecular flexibility index (Phi) is 12.1. The van der Waals surface area contributed by atoms with Crippen LogP contribution in [0.4, 0.5) is 0 Å². The molecule has 1 N–H and O–H groups in total. The summed E-state index contributed by atoms with van der Waals surface area (Å²) >= 11 is 0. The van der Waals surface area contributed by atoms with Crippen LogP contribution in [0.1, 0.15) is 11.1 Å². The number of hydrogen-bond donors (Lipinski definition) is 1. The Morgan fingerprint density at radius 3 is 2.38 bits per heavy atom. The van der Waals surface area contributed by atoms with Crippen LogP contribution in [-0.4, -0.2) is 58.9 Å². The van der Waals surface area contributed by atoms with Crippen LogP contribution in [-0.2, 0) is 17.8 Å². The van der Waals surface area contributed by atoms with Gasteiger partial charge in [-0.25, -0.2) is 0 Å². The highest BCUT2D eigenvalue weighted by atomic mass is 127. The largest absolute Gasteiger partial charge is 0.493 e. The summed E-state index contributed by atoms with van der Waals surface area (Å²) in [4.78, 5) is 6.45. The molecule has 0 atom stereocenters. The van der Waals surface area contributed by atoms with Crippen LogP contribution in [0.5, 0.6) is 11.5 Å². The standard InChI is InChI=1S/C22H31N3O3.HI/c1-23-22(24-13-15-28-17-19-8-6-5-7-9-19)25(2)14-12-18-10-11-20(26-3)21(16-18)27-4;/h5-11,16H,12-15,17H2,1-4H3,(H,23,24);1H. The van der Waals surface area contributed by atoms with Gasteiger partial charge in [0.15, 0.2) is 17.5 Å². The predicted octanol–water partition coefficient (Wildman–Crippen LogP) is 3.59. The van der Waals surface area contributed by atoms with E-state index in [2.05, 4.69) is 33.4 Å². The van der Waals surface area contributed by atoms with E-state index in [0.717, 1.165) is 30.4 Å². The third-order valence-electron chi connectivity index (χ3n) is 4.40. The van der Waals surface area contributed by atoms with Gasteiger partial charge in [-0.2, -0.15) is 0 Å². The summed E-state index contributed by atoms with van der Waals surface area (Å²) in [5.74, 6) is 2.34. The van der Waals surface area contributed by atoms with Gasteiger partial charge in [0.2, 0.25) is 0 Å². The number of nitrogens with one attached hydrogen (secondary N) is 1. The highest BCUT2D eigenvalue weighted by molar-refractivity contribution is 14.0. The highest BCUT2D eigenvalue weighted by Crippen LogP contribution is 2.27. The molecule has 0 aliphatic carbocycles. The Morgan fingerprint density at radius 2 is 1.72 bits per heavy atom. The number of benzene rings is 2. The SMILES string of the molecule is CN=C(NCCOCc1ccccc1)N(C)CCc1ccc(OC)c(OC)c1.I. The minimum atomic E-state index is 0. The van der Waals surface area contributed by atoms with E-state index < -0.39 is 0 Å². The molecule has 0 fully saturated rings. The average Bonchev–Trinajstić information content (AvgIpc) is 2.75. The van der Waals surface area contributed by atoms with E-state index in [1.807, 2.05) is 37.4 Å². The molecule has 7 heteroatoms. The van der Waals surface area contributed by atoms with Gasteiger partial charge >= 0.3 is 0 Å². The monoisotopic (exact) mass is 513 g/mol. The van der Waals surface area contributed by atoms with Crippen molar-refractivity contribution in [1.29, 1.82) is 0 Å². The second kappa shape index (κ2) is 14.1. The first kappa shape index (κ1) is 25.0. The number of likely N-dealkylation sites (N-methyl/N-ethyl adjacent to an activating group) is 1. The fourth-order valence-electron chi connectivity index (χ4n) is 2.82. The number of methoxy groups -OCH3 is 2. The summed E-state index contributed by atoms with van der Waals surface area (Å²) in [6.45, 7) is 2.79. The zero-order chi connectivity index (χ0) is 20.2. The first-order valence-corrected chi connectivity index (χ1v) is 9.42. The van der Waals surface area contributed by atoms with Gasteiger partial charge in [0, 0.05) is 27.2 Å². The fraction of sp³-hybridized carbons (Fsp3) is 0.409. The maximum absolute atomic E-state index is 5.71. The molecule has 29 heavy (non-hydrogen) atoms. The molecule has 0 spiro atoms. The summed E-state index contributed by atoms with van der Waals surface area (Å²) in [5.41, 5.74) is 2.37. The summed E-state index contributed by atoms with van der Waals surface area (Å²) in [6, 6.07) is 16.2. The Morgan fingerprint density at radius 1 is 1.00 bits per heavy atom. The second-order valence-corrected chi connectivity index (χ2v) is 6.37. The lowest BCUT2D eigenvalue weighted by Crippen LogP contribution is -2.41. The number of guanidine groups is 1. The normalized spacial score (nSPS) is 10.8. The molecule has 0 saturated heterocycles. The molecule has 0 aromatic heterocycles. The molecule has 2 rings (SSSR count). The topological polar surface area (TPSA) is 55.3 Å². The second-order valence-electron chi connectivity index (χ2n) is 6.37. The number of nitrogens with zero attached hydrogens (tertiary/aromatic N) is 2. The zero-order valence-electron chi connectivity index (χ0n) is 17.7. The molecule has 0 radical (unpaired) electrons. The molecular weight excluding hydrogens is 481 g/mol. The van der Waals surface area contributed by atoms with Crippen molar-refractivity contribution in [2.75, 3.05) is 48.0 Å². The van der Waals surface area contributed by atoms with Crippen LogP contribution in [0.15, 0.2) is 53.5 Å². The average molecular weight is 513 g/mol. The molecular formula is C22H32IN3O3. The first-order valence-electron chi connectivity index (χ1n) is 9.42. The zero-order valence-corrected chi connectivity index (χ0v) is 20.0. The van der Waals surface area contributed by atoms with Crippen molar-refractivity contribution in [2.45, 2.75) is 13.0 Å². The van der Waals surface area contributed by atoms with Crippen LogP contribution in [0.25, 0.3) is 0 Å². The van der Waals surface area contributed by atoms with Gasteiger partial charge in [-0.05, 0) is 29.7 Å². The van der Waals surface area contributed by atoms with E-state index in [1.165, 1.54) is 11.1 Å². The van der Waals surface area contributed by atoms with E-state index in [4.69, 9.17) is 14.2 Å². The van der Waals surface area contributed by atoms with Crippen LogP contribution in [0.2, 0.25) is 0 Å². The Hall–Kier alpha value is -2.00. The van der Waals surface area contributed by atoms with Gasteiger partial charge in [0.1, 0.15) is 0 Å².